The lowest BCUT2D eigenvalue weighted by Crippen LogP contribution is -2.47. The van der Waals surface area contributed by atoms with Gasteiger partial charge in [0.05, 0.1) is 0 Å². The highest BCUT2D eigenvalue weighted by Crippen LogP contribution is 2.27. The monoisotopic (exact) mass is 337 g/mol. The summed E-state index contributed by atoms with van der Waals surface area (Å²) in [7, 11) is 0. The predicted octanol–water partition coefficient (Wildman–Crippen LogP) is 3.26. The fraction of sp³-hybridized carbons (Fsp3) is 0.381. The summed E-state index contributed by atoms with van der Waals surface area (Å²) in [6, 6.07) is 21.2. The Labute approximate surface area is 150 Å². The number of piperidine rings is 1. The molecule has 3 N–H and O–H groups in total. The van der Waals surface area contributed by atoms with Crippen LogP contribution in [-0.4, -0.2) is 31.7 Å². The molecule has 0 atom stereocenters. The Hall–Kier alpha value is -2.33. The van der Waals surface area contributed by atoms with Gasteiger partial charge in [0.2, 0.25) is 0 Å². The lowest BCUT2D eigenvalue weighted by Gasteiger charge is -2.24. The van der Waals surface area contributed by atoms with Gasteiger partial charge in [0.1, 0.15) is 0 Å². The zero-order chi connectivity index (χ0) is 17.3. The highest BCUT2D eigenvalue weighted by molar-refractivity contribution is 5.74. The van der Waals surface area contributed by atoms with Crippen molar-refractivity contribution in [3.63, 3.8) is 0 Å². The molecular formula is C21H27N3O. The minimum Gasteiger partial charge on any atom is -0.338 e. The van der Waals surface area contributed by atoms with Gasteiger partial charge in [-0.15, -0.1) is 0 Å². The van der Waals surface area contributed by atoms with Crippen molar-refractivity contribution in [2.45, 2.75) is 31.2 Å². The topological polar surface area (TPSA) is 53.2 Å². The fourth-order valence-electron chi connectivity index (χ4n) is 3.43. The molecule has 132 valence electrons. The van der Waals surface area contributed by atoms with E-state index in [-0.39, 0.29) is 6.03 Å². The molecule has 1 aliphatic heterocycles. The molecule has 0 aromatic heterocycles. The van der Waals surface area contributed by atoms with Crippen molar-refractivity contribution in [3.8, 4) is 0 Å². The summed E-state index contributed by atoms with van der Waals surface area (Å²) >= 11 is 0. The largest absolute Gasteiger partial charge is 0.338 e. The Morgan fingerprint density at radius 3 is 2.08 bits per heavy atom. The summed E-state index contributed by atoms with van der Waals surface area (Å²) in [5.41, 5.74) is 2.57. The van der Waals surface area contributed by atoms with E-state index in [1.807, 2.05) is 12.1 Å². The highest BCUT2D eigenvalue weighted by atomic mass is 16.2. The molecule has 1 fully saturated rings. The third kappa shape index (κ3) is 5.33. The Morgan fingerprint density at radius 2 is 1.52 bits per heavy atom. The molecule has 1 aliphatic rings. The van der Waals surface area contributed by atoms with Gasteiger partial charge in [-0.05, 0) is 43.5 Å². The molecule has 0 aliphatic carbocycles. The van der Waals surface area contributed by atoms with Crippen LogP contribution in [0.4, 0.5) is 4.79 Å². The first kappa shape index (κ1) is 17.5. The van der Waals surface area contributed by atoms with Crippen LogP contribution in [0.15, 0.2) is 60.7 Å². The SMILES string of the molecule is O=C(NCCC(c1ccccc1)c1ccccc1)NC1CCNCC1. The van der Waals surface area contributed by atoms with Crippen LogP contribution in [0.5, 0.6) is 0 Å². The predicted molar refractivity (Wildman–Crippen MR) is 102 cm³/mol. The van der Waals surface area contributed by atoms with E-state index in [4.69, 9.17) is 0 Å². The van der Waals surface area contributed by atoms with Gasteiger partial charge in [0.15, 0.2) is 0 Å². The molecule has 1 saturated heterocycles. The number of carbonyl (C=O) groups excluding carboxylic acids is 1. The van der Waals surface area contributed by atoms with Gasteiger partial charge in [-0.25, -0.2) is 4.79 Å². The van der Waals surface area contributed by atoms with Gasteiger partial charge in [-0.1, -0.05) is 60.7 Å². The molecule has 0 bridgehead atoms. The Balaban J connectivity index is 1.55. The maximum atomic E-state index is 12.1. The average molecular weight is 337 g/mol. The maximum absolute atomic E-state index is 12.1. The van der Waals surface area contributed by atoms with E-state index in [2.05, 4.69) is 64.5 Å². The summed E-state index contributed by atoms with van der Waals surface area (Å²) in [4.78, 5) is 12.1. The molecule has 1 heterocycles. The number of nitrogens with one attached hydrogen (secondary N) is 3. The van der Waals surface area contributed by atoms with Gasteiger partial charge in [-0.3, -0.25) is 0 Å². The molecule has 0 spiro atoms. The molecule has 2 amide bonds. The second kappa shape index (κ2) is 9.23. The zero-order valence-corrected chi connectivity index (χ0v) is 14.6. The van der Waals surface area contributed by atoms with Crippen molar-refractivity contribution < 1.29 is 4.79 Å². The van der Waals surface area contributed by atoms with E-state index < -0.39 is 0 Å². The number of carbonyl (C=O) groups is 1. The van der Waals surface area contributed by atoms with Crippen LogP contribution in [0.25, 0.3) is 0 Å². The van der Waals surface area contributed by atoms with E-state index >= 15 is 0 Å². The number of hydrogen-bond donors (Lipinski definition) is 3. The van der Waals surface area contributed by atoms with Crippen molar-refractivity contribution in [1.29, 1.82) is 0 Å². The van der Waals surface area contributed by atoms with Gasteiger partial charge in [0.25, 0.3) is 0 Å². The minimum atomic E-state index is -0.0493. The van der Waals surface area contributed by atoms with Crippen LogP contribution in [-0.2, 0) is 0 Å². The Morgan fingerprint density at radius 1 is 0.960 bits per heavy atom. The standard InChI is InChI=1S/C21H27N3O/c25-21(24-19-11-14-22-15-12-19)23-16-13-20(17-7-3-1-4-8-17)18-9-5-2-6-10-18/h1-10,19-20,22H,11-16H2,(H2,23,24,25). The quantitative estimate of drug-likeness (QED) is 0.758. The first-order chi connectivity index (χ1) is 12.3. The van der Waals surface area contributed by atoms with E-state index in [1.165, 1.54) is 11.1 Å². The molecule has 4 nitrogen and oxygen atoms in total. The fourth-order valence-corrected chi connectivity index (χ4v) is 3.43. The first-order valence-corrected chi connectivity index (χ1v) is 9.18. The summed E-state index contributed by atoms with van der Waals surface area (Å²) in [5.74, 6) is 0.293. The van der Waals surface area contributed by atoms with E-state index in [0.717, 1.165) is 32.4 Å². The highest BCUT2D eigenvalue weighted by Gasteiger charge is 2.16. The van der Waals surface area contributed by atoms with Gasteiger partial charge >= 0.3 is 6.03 Å². The minimum absolute atomic E-state index is 0.0493. The summed E-state index contributed by atoms with van der Waals surface area (Å²) in [5, 5.41) is 9.42. The third-order valence-electron chi connectivity index (χ3n) is 4.80. The van der Waals surface area contributed by atoms with Crippen LogP contribution >= 0.6 is 0 Å². The van der Waals surface area contributed by atoms with Crippen LogP contribution in [0, 0.1) is 0 Å². The molecule has 0 unspecified atom stereocenters. The van der Waals surface area contributed by atoms with E-state index in [0.29, 0.717) is 18.5 Å². The lowest BCUT2D eigenvalue weighted by molar-refractivity contribution is 0.233. The summed E-state index contributed by atoms with van der Waals surface area (Å²) in [6.45, 7) is 2.62. The number of rotatable bonds is 6. The Kier molecular flexibility index (Phi) is 6.46. The van der Waals surface area contributed by atoms with E-state index in [1.54, 1.807) is 0 Å². The van der Waals surface area contributed by atoms with E-state index in [9.17, 15) is 4.79 Å². The zero-order valence-electron chi connectivity index (χ0n) is 14.6. The van der Waals surface area contributed by atoms with Crippen molar-refractivity contribution in [1.82, 2.24) is 16.0 Å². The number of benzene rings is 2. The lowest BCUT2D eigenvalue weighted by atomic mass is 9.88. The third-order valence-corrected chi connectivity index (χ3v) is 4.80. The van der Waals surface area contributed by atoms with Crippen LogP contribution in [0.3, 0.4) is 0 Å². The maximum Gasteiger partial charge on any atom is 0.315 e. The van der Waals surface area contributed by atoms with Crippen molar-refractivity contribution in [3.05, 3.63) is 71.8 Å². The van der Waals surface area contributed by atoms with Gasteiger partial charge in [-0.2, -0.15) is 0 Å². The van der Waals surface area contributed by atoms with Crippen molar-refractivity contribution >= 4 is 6.03 Å². The summed E-state index contributed by atoms with van der Waals surface area (Å²) in [6.07, 6.45) is 2.89. The summed E-state index contributed by atoms with van der Waals surface area (Å²) < 4.78 is 0. The number of hydrogen-bond acceptors (Lipinski definition) is 2. The Bertz CT molecular complexity index is 599. The normalized spacial score (nSPS) is 15.1. The molecule has 2 aromatic rings. The molecule has 2 aromatic carbocycles. The molecule has 3 rings (SSSR count). The van der Waals surface area contributed by atoms with Crippen LogP contribution in [0.2, 0.25) is 0 Å². The molecule has 4 heteroatoms. The smallest absolute Gasteiger partial charge is 0.315 e. The second-order valence-corrected chi connectivity index (χ2v) is 6.59. The number of urea groups is 1. The van der Waals surface area contributed by atoms with Crippen molar-refractivity contribution in [2.75, 3.05) is 19.6 Å². The first-order valence-electron chi connectivity index (χ1n) is 9.18. The van der Waals surface area contributed by atoms with Gasteiger partial charge < -0.3 is 16.0 Å². The number of amides is 2. The van der Waals surface area contributed by atoms with Crippen LogP contribution in [0.1, 0.15) is 36.3 Å². The molecule has 0 radical (unpaired) electrons. The molecule has 25 heavy (non-hydrogen) atoms. The second-order valence-electron chi connectivity index (χ2n) is 6.59. The van der Waals surface area contributed by atoms with Crippen molar-refractivity contribution in [2.24, 2.45) is 0 Å². The average Bonchev–Trinajstić information content (AvgIpc) is 2.67. The molecular weight excluding hydrogens is 310 g/mol. The molecule has 0 saturated carbocycles. The van der Waals surface area contributed by atoms with Crippen LogP contribution < -0.4 is 16.0 Å². The van der Waals surface area contributed by atoms with Gasteiger partial charge in [0, 0.05) is 18.5 Å².